The smallest absolute Gasteiger partial charge is 0.279 e. The summed E-state index contributed by atoms with van der Waals surface area (Å²) in [5.41, 5.74) is 2.20. The van der Waals surface area contributed by atoms with Crippen LogP contribution < -0.4 is 5.56 Å². The molecule has 38 heavy (non-hydrogen) atoms. The second-order valence-corrected chi connectivity index (χ2v) is 11.3. The number of aliphatic hydroxyl groups is 1. The number of nitrogens with zero attached hydrogens (tertiary/aromatic N) is 7. The molecule has 4 aromatic heterocycles. The molecule has 1 amide bonds. The van der Waals surface area contributed by atoms with Crippen molar-refractivity contribution < 1.29 is 14.7 Å². The predicted molar refractivity (Wildman–Crippen MR) is 143 cm³/mol. The fraction of sp³-hybridized carbons (Fsp3) is 0.462. The Bertz CT molecular complexity index is 1590. The van der Waals surface area contributed by atoms with Gasteiger partial charge in [0.25, 0.3) is 17.4 Å². The lowest BCUT2D eigenvalue weighted by atomic mass is 10.0. The highest BCUT2D eigenvalue weighted by molar-refractivity contribution is 7.19. The monoisotopic (exact) mass is 537 g/mol. The lowest BCUT2D eigenvalue weighted by Gasteiger charge is -2.17. The summed E-state index contributed by atoms with van der Waals surface area (Å²) < 4.78 is 3.70. The van der Waals surface area contributed by atoms with E-state index in [9.17, 15) is 14.7 Å². The number of hydroxylamine groups is 2. The highest BCUT2D eigenvalue weighted by atomic mass is 32.1. The summed E-state index contributed by atoms with van der Waals surface area (Å²) in [6, 6.07) is 1.75. The predicted octanol–water partition coefficient (Wildman–Crippen LogP) is 2.69. The van der Waals surface area contributed by atoms with E-state index in [1.165, 1.54) is 16.0 Å². The van der Waals surface area contributed by atoms with Crippen molar-refractivity contribution >= 4 is 27.3 Å². The molecule has 200 valence electrons. The molecule has 1 atom stereocenters. The average molecular weight is 538 g/mol. The van der Waals surface area contributed by atoms with Crippen LogP contribution in [0.3, 0.4) is 0 Å². The normalized spacial score (nSPS) is 17.7. The summed E-state index contributed by atoms with van der Waals surface area (Å²) in [5, 5.41) is 21.2. The van der Waals surface area contributed by atoms with Gasteiger partial charge < -0.3 is 5.11 Å². The Morgan fingerprint density at radius 1 is 1.26 bits per heavy atom. The third-order valence-corrected chi connectivity index (χ3v) is 7.93. The SMILES string of the molecule is CCc1nn(-c2ncccn2)c(C)c1Cc1sc2c(C(C)C)nn(C)c(=O)c2c1C(=O)N1C[C@](C)(O)CO1. The standard InChI is InChI=1S/C26H31N7O4S/c1-7-17-16(15(4)33(29-17)25-27-9-8-10-28-25)11-18-19(24(35)32-12-26(5,36)13-37-32)20-22(38-18)21(14(2)3)30-31(6)23(20)34/h8-10,14,36H,7,11-13H2,1-6H3/t26-/m0/s1. The Labute approximate surface area is 223 Å². The van der Waals surface area contributed by atoms with Crippen LogP contribution in [-0.2, 0) is 24.7 Å². The summed E-state index contributed by atoms with van der Waals surface area (Å²) in [6.45, 7) is 9.62. The van der Waals surface area contributed by atoms with E-state index in [2.05, 4.69) is 15.1 Å². The Morgan fingerprint density at radius 3 is 2.58 bits per heavy atom. The van der Waals surface area contributed by atoms with Crippen LogP contribution in [0.15, 0.2) is 23.3 Å². The topological polar surface area (TPSA) is 128 Å². The minimum Gasteiger partial charge on any atom is -0.386 e. The van der Waals surface area contributed by atoms with Crippen molar-refractivity contribution in [2.45, 2.75) is 59.0 Å². The molecule has 1 N–H and O–H groups in total. The number of carbonyl (C=O) groups is 1. The van der Waals surface area contributed by atoms with Crippen molar-refractivity contribution in [1.29, 1.82) is 0 Å². The van der Waals surface area contributed by atoms with E-state index in [1.54, 1.807) is 37.1 Å². The highest BCUT2D eigenvalue weighted by Gasteiger charge is 2.39. The molecule has 0 bridgehead atoms. The fourth-order valence-corrected chi connectivity index (χ4v) is 6.17. The van der Waals surface area contributed by atoms with Crippen LogP contribution in [0.1, 0.15) is 71.5 Å². The zero-order chi connectivity index (χ0) is 27.4. The maximum absolute atomic E-state index is 13.9. The van der Waals surface area contributed by atoms with Gasteiger partial charge in [0.15, 0.2) is 0 Å². The van der Waals surface area contributed by atoms with Crippen LogP contribution in [0.5, 0.6) is 0 Å². The van der Waals surface area contributed by atoms with E-state index < -0.39 is 11.5 Å². The number of rotatable bonds is 6. The van der Waals surface area contributed by atoms with Gasteiger partial charge in [0, 0.05) is 42.0 Å². The van der Waals surface area contributed by atoms with Crippen molar-refractivity contribution in [3.8, 4) is 5.95 Å². The first-order chi connectivity index (χ1) is 18.0. The van der Waals surface area contributed by atoms with Crippen LogP contribution in [0.25, 0.3) is 16.0 Å². The molecule has 12 heteroatoms. The van der Waals surface area contributed by atoms with Gasteiger partial charge in [0.1, 0.15) is 12.2 Å². The summed E-state index contributed by atoms with van der Waals surface area (Å²) >= 11 is 1.41. The summed E-state index contributed by atoms with van der Waals surface area (Å²) in [6.07, 6.45) is 4.38. The molecule has 0 unspecified atom stereocenters. The minimum atomic E-state index is -1.17. The largest absolute Gasteiger partial charge is 0.386 e. The first kappa shape index (κ1) is 26.1. The number of hydrogen-bond acceptors (Lipinski definition) is 9. The Morgan fingerprint density at radius 2 is 1.97 bits per heavy atom. The van der Waals surface area contributed by atoms with Crippen molar-refractivity contribution in [1.82, 2.24) is 34.6 Å². The van der Waals surface area contributed by atoms with Gasteiger partial charge >= 0.3 is 0 Å². The molecule has 0 aromatic carbocycles. The molecule has 0 radical (unpaired) electrons. The first-order valence-corrected chi connectivity index (χ1v) is 13.4. The molecule has 1 aliphatic rings. The zero-order valence-electron chi connectivity index (χ0n) is 22.3. The van der Waals surface area contributed by atoms with E-state index in [-0.39, 0.29) is 30.2 Å². The quantitative estimate of drug-likeness (QED) is 0.398. The summed E-state index contributed by atoms with van der Waals surface area (Å²) in [7, 11) is 1.60. The number of amides is 1. The number of hydrogen-bond donors (Lipinski definition) is 1. The minimum absolute atomic E-state index is 0.00408. The van der Waals surface area contributed by atoms with Crippen molar-refractivity contribution in [3.05, 3.63) is 61.9 Å². The van der Waals surface area contributed by atoms with E-state index in [0.717, 1.165) is 32.6 Å². The van der Waals surface area contributed by atoms with Crippen LogP contribution in [0.4, 0.5) is 0 Å². The average Bonchev–Trinajstić information content (AvgIpc) is 3.54. The van der Waals surface area contributed by atoms with Gasteiger partial charge in [0.2, 0.25) is 0 Å². The van der Waals surface area contributed by atoms with E-state index >= 15 is 0 Å². The molecule has 1 aliphatic heterocycles. The molecule has 0 aliphatic carbocycles. The zero-order valence-corrected chi connectivity index (χ0v) is 23.2. The lowest BCUT2D eigenvalue weighted by molar-refractivity contribution is -0.0796. The third-order valence-electron chi connectivity index (χ3n) is 6.72. The number of thiophene rings is 1. The van der Waals surface area contributed by atoms with Gasteiger partial charge in [-0.1, -0.05) is 20.8 Å². The molecule has 5 heterocycles. The van der Waals surface area contributed by atoms with Gasteiger partial charge in [0.05, 0.1) is 33.6 Å². The molecule has 5 rings (SSSR count). The van der Waals surface area contributed by atoms with Gasteiger partial charge in [-0.2, -0.15) is 10.2 Å². The van der Waals surface area contributed by atoms with Crippen LogP contribution in [-0.4, -0.2) is 64.4 Å². The fourth-order valence-electron chi connectivity index (χ4n) is 4.74. The molecule has 11 nitrogen and oxygen atoms in total. The summed E-state index contributed by atoms with van der Waals surface area (Å²) in [4.78, 5) is 42.3. The molecular weight excluding hydrogens is 506 g/mol. The molecular formula is C26H31N7O4S. The molecule has 4 aromatic rings. The maximum Gasteiger partial charge on any atom is 0.279 e. The number of aryl methyl sites for hydroxylation is 2. The molecule has 1 saturated heterocycles. The number of aromatic nitrogens is 6. The van der Waals surface area contributed by atoms with Gasteiger partial charge in [-0.15, -0.1) is 11.3 Å². The second kappa shape index (κ2) is 9.68. The van der Waals surface area contributed by atoms with E-state index in [1.807, 2.05) is 27.7 Å². The van der Waals surface area contributed by atoms with Crippen molar-refractivity contribution in [2.75, 3.05) is 13.2 Å². The summed E-state index contributed by atoms with van der Waals surface area (Å²) in [5.74, 6) is 0.0522. The molecule has 0 spiro atoms. The molecule has 0 saturated carbocycles. The van der Waals surface area contributed by atoms with Crippen LogP contribution in [0, 0.1) is 6.92 Å². The maximum atomic E-state index is 13.9. The Hall–Kier alpha value is -3.48. The van der Waals surface area contributed by atoms with Gasteiger partial charge in [-0.3, -0.25) is 14.4 Å². The number of fused-ring (bicyclic) bond motifs is 1. The van der Waals surface area contributed by atoms with Crippen LogP contribution >= 0.6 is 11.3 Å². The Balaban J connectivity index is 1.72. The van der Waals surface area contributed by atoms with Gasteiger partial charge in [-0.25, -0.2) is 24.4 Å². The number of β-amino-alcohol motifs (C(OH)–C–C–N with tert-alkyl or cyclic N) is 1. The van der Waals surface area contributed by atoms with Crippen molar-refractivity contribution in [3.63, 3.8) is 0 Å². The molecule has 1 fully saturated rings. The van der Waals surface area contributed by atoms with Gasteiger partial charge in [-0.05, 0) is 32.3 Å². The second-order valence-electron chi connectivity index (χ2n) is 10.2. The highest BCUT2D eigenvalue weighted by Crippen LogP contribution is 2.37. The van der Waals surface area contributed by atoms with E-state index in [4.69, 9.17) is 9.94 Å². The Kier molecular flexibility index (Phi) is 6.66. The first-order valence-electron chi connectivity index (χ1n) is 12.6. The lowest BCUT2D eigenvalue weighted by Crippen LogP contribution is -2.35. The third kappa shape index (κ3) is 4.42. The van der Waals surface area contributed by atoms with E-state index in [0.29, 0.717) is 28.9 Å². The van der Waals surface area contributed by atoms with Crippen LogP contribution in [0.2, 0.25) is 0 Å². The van der Waals surface area contributed by atoms with Crippen molar-refractivity contribution in [2.24, 2.45) is 7.05 Å². The number of carbonyl (C=O) groups excluding carboxylic acids is 1.